The molecular weight excluding hydrogens is 215 g/mol. The van der Waals surface area contributed by atoms with Gasteiger partial charge in [0.2, 0.25) is 0 Å². The molecule has 0 aromatic heterocycles. The fourth-order valence-corrected chi connectivity index (χ4v) is 1.04. The van der Waals surface area contributed by atoms with Crippen LogP contribution in [0.4, 0.5) is 0 Å². The van der Waals surface area contributed by atoms with Crippen LogP contribution in [0.2, 0.25) is 0 Å². The van der Waals surface area contributed by atoms with Gasteiger partial charge in [0, 0.05) is 0 Å². The molecule has 0 saturated heterocycles. The van der Waals surface area contributed by atoms with Crippen LogP contribution in [-0.4, -0.2) is 50.7 Å². The zero-order chi connectivity index (χ0) is 7.71. The second-order valence-electron chi connectivity index (χ2n) is 0.949. The Labute approximate surface area is 86.6 Å². The van der Waals surface area contributed by atoms with E-state index in [2.05, 4.69) is 3.97 Å². The molecule has 0 aliphatic carbocycles. The van der Waals surface area contributed by atoms with Crippen LogP contribution < -0.4 is 9.79 Å². The molecule has 0 unspecified atom stereocenters. The van der Waals surface area contributed by atoms with E-state index in [0.717, 1.165) is 0 Å². The zero-order valence-electron chi connectivity index (χ0n) is 4.46. The molecule has 0 aliphatic rings. The molecule has 0 heterocycles. The van der Waals surface area contributed by atoms with Gasteiger partial charge in [-0.25, -0.2) is 3.97 Å². The van der Waals surface area contributed by atoms with Crippen molar-refractivity contribution in [1.29, 1.82) is 0 Å². The van der Waals surface area contributed by atoms with Crippen molar-refractivity contribution < 1.29 is 31.3 Å². The van der Waals surface area contributed by atoms with Gasteiger partial charge in [-0.15, -0.1) is 0 Å². The van der Waals surface area contributed by atoms with Crippen LogP contribution >= 0.6 is 7.82 Å². The Morgan fingerprint density at radius 1 is 1.40 bits per heavy atom. The molecule has 56 valence electrons. The maximum atomic E-state index is 9.41. The minimum atomic E-state index is -5.63. The van der Waals surface area contributed by atoms with Gasteiger partial charge in [0.15, 0.2) is 0 Å². The molecular formula is HCaO7PS. The molecule has 10 heavy (non-hydrogen) atoms. The van der Waals surface area contributed by atoms with Gasteiger partial charge < -0.3 is 14.4 Å². The Balaban J connectivity index is 0. The predicted molar refractivity (Wildman–Crippen MR) is 26.0 cm³/mol. The van der Waals surface area contributed by atoms with Crippen LogP contribution in [0, 0.1) is 0 Å². The largest absolute Gasteiger partial charge is 2.00 e. The second-order valence-corrected chi connectivity index (χ2v) is 3.30. The van der Waals surface area contributed by atoms with E-state index < -0.39 is 18.2 Å². The van der Waals surface area contributed by atoms with E-state index in [0.29, 0.717) is 0 Å². The van der Waals surface area contributed by atoms with Gasteiger partial charge in [0.1, 0.15) is 0 Å². The third-order valence-corrected chi connectivity index (χ3v) is 1.67. The number of rotatable bonds is 2. The molecule has 10 heteroatoms. The van der Waals surface area contributed by atoms with E-state index in [1.807, 2.05) is 0 Å². The first-order valence-corrected chi connectivity index (χ1v) is 4.24. The molecule has 0 aromatic carbocycles. The summed E-state index contributed by atoms with van der Waals surface area (Å²) in [6.07, 6.45) is 0. The van der Waals surface area contributed by atoms with Crippen LogP contribution in [0.1, 0.15) is 0 Å². The van der Waals surface area contributed by atoms with Crippen molar-refractivity contribution in [3.63, 3.8) is 0 Å². The first kappa shape index (κ1) is 13.8. The molecule has 0 atom stereocenters. The average molecular weight is 216 g/mol. The number of hydrogen-bond donors (Lipinski definition) is 1. The van der Waals surface area contributed by atoms with Crippen LogP contribution in [0.5, 0.6) is 0 Å². The fourth-order valence-electron chi connectivity index (χ4n) is 0.115. The fraction of sp³-hybridized carbons (Fsp3) is 0. The number of phosphoric acid groups is 1. The van der Waals surface area contributed by atoms with Crippen molar-refractivity contribution in [2.45, 2.75) is 0 Å². The summed E-state index contributed by atoms with van der Waals surface area (Å²) in [5.74, 6) is 0. The van der Waals surface area contributed by atoms with Gasteiger partial charge in [0.05, 0.1) is 7.82 Å². The molecule has 0 fully saturated rings. The second kappa shape index (κ2) is 4.34. The Hall–Kier alpha value is 1.28. The van der Waals surface area contributed by atoms with Gasteiger partial charge >= 0.3 is 48.1 Å². The first-order valence-electron chi connectivity index (χ1n) is 1.41. The van der Waals surface area contributed by atoms with Gasteiger partial charge in [-0.3, -0.25) is 4.55 Å². The van der Waals surface area contributed by atoms with Crippen molar-refractivity contribution in [3.8, 4) is 0 Å². The maximum absolute atomic E-state index is 9.41. The average Bonchev–Trinajstić information content (AvgIpc) is 1.14. The van der Waals surface area contributed by atoms with E-state index in [9.17, 15) is 22.8 Å². The van der Waals surface area contributed by atoms with Crippen LogP contribution in [0.3, 0.4) is 0 Å². The Morgan fingerprint density at radius 3 is 1.70 bits per heavy atom. The summed E-state index contributed by atoms with van der Waals surface area (Å²) in [6, 6.07) is 0. The predicted octanol–water partition coefficient (Wildman–Crippen LogP) is -2.75. The molecule has 0 radical (unpaired) electrons. The monoisotopic (exact) mass is 216 g/mol. The minimum Gasteiger partial charge on any atom is -0.789 e. The Kier molecular flexibility index (Phi) is 6.01. The van der Waals surface area contributed by atoms with E-state index in [1.165, 1.54) is 0 Å². The molecule has 1 N–H and O–H groups in total. The zero-order valence-corrected chi connectivity index (χ0v) is 8.38. The van der Waals surface area contributed by atoms with Crippen molar-refractivity contribution >= 4 is 56.0 Å². The van der Waals surface area contributed by atoms with Crippen LogP contribution in [0.15, 0.2) is 0 Å². The van der Waals surface area contributed by atoms with Crippen molar-refractivity contribution in [1.82, 2.24) is 0 Å². The smallest absolute Gasteiger partial charge is 0.789 e. The minimum absolute atomic E-state index is 0. The summed E-state index contributed by atoms with van der Waals surface area (Å²) >= 11 is 0. The van der Waals surface area contributed by atoms with E-state index >= 15 is 0 Å². The summed E-state index contributed by atoms with van der Waals surface area (Å²) < 4.78 is 38.3. The van der Waals surface area contributed by atoms with Gasteiger partial charge in [0.25, 0.3) is 0 Å². The third kappa shape index (κ3) is 12.0. The molecule has 0 aliphatic heterocycles. The normalized spacial score (nSPS) is 12.3. The van der Waals surface area contributed by atoms with Gasteiger partial charge in [-0.1, -0.05) is 0 Å². The topological polar surface area (TPSA) is 127 Å². The Bertz CT molecular complexity index is 220. The van der Waals surface area contributed by atoms with Crippen molar-refractivity contribution in [3.05, 3.63) is 0 Å². The summed E-state index contributed by atoms with van der Waals surface area (Å²) in [7, 11) is -10.8. The van der Waals surface area contributed by atoms with E-state index in [1.54, 1.807) is 0 Å². The van der Waals surface area contributed by atoms with Gasteiger partial charge in [-0.05, 0) is 0 Å². The van der Waals surface area contributed by atoms with Crippen molar-refractivity contribution in [2.75, 3.05) is 0 Å². The molecule has 7 nitrogen and oxygen atoms in total. The summed E-state index contributed by atoms with van der Waals surface area (Å²) in [6.45, 7) is 0. The van der Waals surface area contributed by atoms with Gasteiger partial charge in [-0.2, -0.15) is 8.42 Å². The quantitative estimate of drug-likeness (QED) is 0.301. The summed E-state index contributed by atoms with van der Waals surface area (Å²) in [4.78, 5) is 18.7. The van der Waals surface area contributed by atoms with Crippen molar-refractivity contribution in [2.24, 2.45) is 0 Å². The molecule has 0 spiro atoms. The number of hydrogen-bond acceptors (Lipinski definition) is 6. The Morgan fingerprint density at radius 2 is 1.70 bits per heavy atom. The van der Waals surface area contributed by atoms with E-state index in [-0.39, 0.29) is 37.7 Å². The molecule has 0 bridgehead atoms. The third-order valence-electron chi connectivity index (χ3n) is 0.185. The molecule has 0 rings (SSSR count). The van der Waals surface area contributed by atoms with E-state index in [4.69, 9.17) is 4.55 Å². The maximum Gasteiger partial charge on any atom is 2.00 e. The summed E-state index contributed by atoms with van der Waals surface area (Å²) in [5, 5.41) is 0. The molecule has 0 saturated carbocycles. The standard InChI is InChI=1S/Ca.H3O7PS/c;1-8(2,3)7-9(4,5)6/h;(H2,1,2,3)(H,4,5,6)/q+2;/p-2. The first-order chi connectivity index (χ1) is 3.71. The molecule has 0 amide bonds. The SMILES string of the molecule is O=P([O-])([O-])OS(=O)(=O)O.[Ca+2]. The summed E-state index contributed by atoms with van der Waals surface area (Å²) in [5.41, 5.74) is 0. The molecule has 0 aromatic rings. The van der Waals surface area contributed by atoms with Crippen LogP contribution in [-0.2, 0) is 18.9 Å². The van der Waals surface area contributed by atoms with Crippen LogP contribution in [0.25, 0.3) is 0 Å².